The molecule has 1 aliphatic carbocycles. The van der Waals surface area contributed by atoms with E-state index in [2.05, 4.69) is 43.8 Å². The van der Waals surface area contributed by atoms with Crippen LogP contribution in [0.1, 0.15) is 26.2 Å². The summed E-state index contributed by atoms with van der Waals surface area (Å²) in [4.78, 5) is 11.2. The maximum atomic E-state index is 11.2. The van der Waals surface area contributed by atoms with Crippen LogP contribution >= 0.6 is 12.6 Å². The van der Waals surface area contributed by atoms with E-state index in [0.717, 1.165) is 19.4 Å². The summed E-state index contributed by atoms with van der Waals surface area (Å²) in [6, 6.07) is 0.628. The van der Waals surface area contributed by atoms with E-state index in [1.807, 2.05) is 0 Å². The first-order valence-corrected chi connectivity index (χ1v) is 9.75. The largest absolute Gasteiger partial charge is 0.321 e. The van der Waals surface area contributed by atoms with Gasteiger partial charge in [0.25, 0.3) is 0 Å². The van der Waals surface area contributed by atoms with Gasteiger partial charge in [-0.15, -0.1) is 12.6 Å². The van der Waals surface area contributed by atoms with E-state index in [1.165, 1.54) is 6.42 Å². The molecule has 4 heteroatoms. The van der Waals surface area contributed by atoms with Crippen molar-refractivity contribution in [2.75, 3.05) is 6.54 Å². The Hall–Kier alpha value is 0.197. The quantitative estimate of drug-likeness (QED) is 0.607. The van der Waals surface area contributed by atoms with E-state index in [9.17, 15) is 4.79 Å². The molecule has 0 radical (unpaired) electrons. The van der Waals surface area contributed by atoms with Crippen molar-refractivity contribution in [2.45, 2.75) is 51.9 Å². The van der Waals surface area contributed by atoms with Gasteiger partial charge in [0, 0.05) is 12.0 Å². The summed E-state index contributed by atoms with van der Waals surface area (Å²) >= 11 is 3.96. The summed E-state index contributed by atoms with van der Waals surface area (Å²) in [6.07, 6.45) is 3.24. The Labute approximate surface area is 99.9 Å². The minimum atomic E-state index is -1.22. The highest BCUT2D eigenvalue weighted by Crippen LogP contribution is 2.32. The van der Waals surface area contributed by atoms with Gasteiger partial charge in [-0.3, -0.25) is 4.79 Å². The van der Waals surface area contributed by atoms with Gasteiger partial charge in [-0.2, -0.15) is 0 Å². The molecule has 0 spiro atoms. The number of nitrogens with zero attached hydrogens (tertiary/aromatic N) is 1. The Morgan fingerprint density at radius 2 is 2.00 bits per heavy atom. The molecule has 0 N–H and O–H groups in total. The average molecular weight is 245 g/mol. The summed E-state index contributed by atoms with van der Waals surface area (Å²) in [5.74, 6) is 0.212. The van der Waals surface area contributed by atoms with Crippen molar-refractivity contribution >= 4 is 26.0 Å². The van der Waals surface area contributed by atoms with Gasteiger partial charge in [-0.25, -0.2) is 0 Å². The molecule has 0 aromatic heterocycles. The fraction of sp³-hybridized carbons (Fsp3) is 0.909. The van der Waals surface area contributed by atoms with Crippen molar-refractivity contribution in [2.24, 2.45) is 5.92 Å². The number of thiol groups is 1. The molecule has 1 saturated carbocycles. The van der Waals surface area contributed by atoms with Gasteiger partial charge in [0.1, 0.15) is 8.24 Å². The molecule has 88 valence electrons. The first-order chi connectivity index (χ1) is 6.86. The standard InChI is InChI=1S/C11H23NOSSi/c1-5-12(15(2,3)4)10-7-6-9(8-10)11(13)14/h9-10H,5-8H2,1-4H3,(H,13,14). The lowest BCUT2D eigenvalue weighted by Crippen LogP contribution is -2.51. The molecule has 0 aromatic rings. The van der Waals surface area contributed by atoms with Crippen LogP contribution < -0.4 is 0 Å². The van der Waals surface area contributed by atoms with E-state index in [1.54, 1.807) is 0 Å². The Kier molecular flexibility index (Phi) is 4.44. The van der Waals surface area contributed by atoms with Crippen molar-refractivity contribution in [3.63, 3.8) is 0 Å². The second kappa shape index (κ2) is 5.02. The van der Waals surface area contributed by atoms with Crippen LogP contribution in [0.4, 0.5) is 0 Å². The topological polar surface area (TPSA) is 20.3 Å². The number of hydrogen-bond donors (Lipinski definition) is 1. The Morgan fingerprint density at radius 3 is 2.33 bits per heavy atom. The summed E-state index contributed by atoms with van der Waals surface area (Å²) in [5.41, 5.74) is 0. The molecule has 0 heterocycles. The van der Waals surface area contributed by atoms with E-state index in [4.69, 9.17) is 0 Å². The number of rotatable bonds is 4. The molecule has 2 unspecified atom stereocenters. The number of hydrogen-bond acceptors (Lipinski definition) is 2. The fourth-order valence-electron chi connectivity index (χ4n) is 2.75. The Bertz CT molecular complexity index is 239. The molecule has 1 aliphatic rings. The Morgan fingerprint density at radius 1 is 1.40 bits per heavy atom. The normalized spacial score (nSPS) is 27.3. The van der Waals surface area contributed by atoms with E-state index < -0.39 is 8.24 Å². The third kappa shape index (κ3) is 3.33. The predicted octanol–water partition coefficient (Wildman–Crippen LogP) is 2.77. The maximum Gasteiger partial charge on any atom is 0.189 e. The summed E-state index contributed by atoms with van der Waals surface area (Å²) in [5, 5.41) is 0.0872. The molecule has 1 rings (SSSR count). The van der Waals surface area contributed by atoms with E-state index >= 15 is 0 Å². The van der Waals surface area contributed by atoms with Crippen LogP contribution in [0.25, 0.3) is 0 Å². The van der Waals surface area contributed by atoms with Crippen molar-refractivity contribution in [1.29, 1.82) is 0 Å². The Balaban J connectivity index is 2.62. The van der Waals surface area contributed by atoms with Crippen molar-refractivity contribution in [3.8, 4) is 0 Å². The monoisotopic (exact) mass is 245 g/mol. The lowest BCUT2D eigenvalue weighted by molar-refractivity contribution is -0.114. The highest BCUT2D eigenvalue weighted by Gasteiger charge is 2.36. The third-order valence-corrected chi connectivity index (χ3v) is 6.17. The van der Waals surface area contributed by atoms with Crippen molar-refractivity contribution in [3.05, 3.63) is 0 Å². The lowest BCUT2D eigenvalue weighted by atomic mass is 10.1. The van der Waals surface area contributed by atoms with Crippen LogP contribution in [0, 0.1) is 5.92 Å². The minimum absolute atomic E-state index is 0.0872. The zero-order chi connectivity index (χ0) is 11.6. The van der Waals surface area contributed by atoms with Crippen LogP contribution in [-0.4, -0.2) is 30.5 Å². The zero-order valence-corrected chi connectivity index (χ0v) is 12.2. The van der Waals surface area contributed by atoms with Crippen LogP contribution in [0.2, 0.25) is 19.6 Å². The summed E-state index contributed by atoms with van der Waals surface area (Å²) < 4.78 is 2.64. The van der Waals surface area contributed by atoms with Crippen LogP contribution in [0.5, 0.6) is 0 Å². The van der Waals surface area contributed by atoms with Crippen molar-refractivity contribution in [1.82, 2.24) is 4.57 Å². The average Bonchev–Trinajstić information content (AvgIpc) is 2.51. The second-order valence-electron chi connectivity index (χ2n) is 5.46. The van der Waals surface area contributed by atoms with Gasteiger partial charge in [0.05, 0.1) is 0 Å². The molecule has 0 amide bonds. The van der Waals surface area contributed by atoms with Gasteiger partial charge >= 0.3 is 0 Å². The predicted molar refractivity (Wildman–Crippen MR) is 70.8 cm³/mol. The molecular formula is C11H23NOSSi. The third-order valence-electron chi connectivity index (χ3n) is 3.40. The van der Waals surface area contributed by atoms with Gasteiger partial charge in [-0.1, -0.05) is 26.6 Å². The summed E-state index contributed by atoms with van der Waals surface area (Å²) in [6.45, 7) is 10.5. The molecule has 0 bridgehead atoms. The van der Waals surface area contributed by atoms with Gasteiger partial charge < -0.3 is 4.57 Å². The maximum absolute atomic E-state index is 11.2. The van der Waals surface area contributed by atoms with Gasteiger partial charge in [0.2, 0.25) is 0 Å². The SMILES string of the molecule is CCN(C1CCC(C(=O)S)C1)[Si](C)(C)C. The molecule has 1 fully saturated rings. The molecule has 2 nitrogen and oxygen atoms in total. The van der Waals surface area contributed by atoms with Crippen LogP contribution in [0.3, 0.4) is 0 Å². The molecular weight excluding hydrogens is 222 g/mol. The van der Waals surface area contributed by atoms with E-state index in [-0.39, 0.29) is 11.0 Å². The fourth-order valence-corrected chi connectivity index (χ4v) is 5.26. The van der Waals surface area contributed by atoms with Crippen LogP contribution in [-0.2, 0) is 4.79 Å². The minimum Gasteiger partial charge on any atom is -0.321 e. The van der Waals surface area contributed by atoms with Crippen molar-refractivity contribution < 1.29 is 4.79 Å². The zero-order valence-electron chi connectivity index (χ0n) is 10.3. The molecule has 0 aliphatic heterocycles. The number of carbonyl (C=O) groups is 1. The smallest absolute Gasteiger partial charge is 0.189 e. The van der Waals surface area contributed by atoms with E-state index in [0.29, 0.717) is 6.04 Å². The first kappa shape index (κ1) is 13.3. The summed E-state index contributed by atoms with van der Waals surface area (Å²) in [7, 11) is -1.22. The highest BCUT2D eigenvalue weighted by molar-refractivity contribution is 7.96. The lowest BCUT2D eigenvalue weighted by Gasteiger charge is -2.38. The molecule has 0 aromatic carbocycles. The first-order valence-electron chi connectivity index (χ1n) is 5.85. The van der Waals surface area contributed by atoms with Gasteiger partial charge in [0.15, 0.2) is 5.12 Å². The molecule has 2 atom stereocenters. The molecule has 15 heavy (non-hydrogen) atoms. The van der Waals surface area contributed by atoms with Crippen LogP contribution in [0.15, 0.2) is 0 Å². The number of carbonyl (C=O) groups excluding carboxylic acids is 1. The highest BCUT2D eigenvalue weighted by atomic mass is 32.1. The molecule has 0 saturated heterocycles. The second-order valence-corrected chi connectivity index (χ2v) is 10.8. The van der Waals surface area contributed by atoms with Gasteiger partial charge in [-0.05, 0) is 25.8 Å².